The first-order chi connectivity index (χ1) is 7.45. The average molecular weight is 305 g/mol. The van der Waals surface area contributed by atoms with Gasteiger partial charge >= 0.3 is 0 Å². The summed E-state index contributed by atoms with van der Waals surface area (Å²) in [6.07, 6.45) is 2.15. The number of hydrogen-bond acceptors (Lipinski definition) is 3. The van der Waals surface area contributed by atoms with E-state index < -0.39 is 0 Å². The Balaban J connectivity index is 2.43. The van der Waals surface area contributed by atoms with Gasteiger partial charge in [-0.05, 0) is 62.3 Å². The maximum atomic E-state index is 5.63. The molecule has 0 atom stereocenters. The topological polar surface area (TPSA) is 29.3 Å². The van der Waals surface area contributed by atoms with E-state index in [4.69, 9.17) is 5.73 Å². The molecule has 4 heteroatoms. The first-order valence-electron chi connectivity index (χ1n) is 5.60. The van der Waals surface area contributed by atoms with Gasteiger partial charge in [0.25, 0.3) is 0 Å². The molecule has 1 rings (SSSR count). The quantitative estimate of drug-likeness (QED) is 0.875. The second kappa shape index (κ2) is 6.15. The number of rotatable bonds is 6. The smallest absolute Gasteiger partial charge is 0.0285 e. The molecule has 0 aromatic carbocycles. The van der Waals surface area contributed by atoms with Crippen molar-refractivity contribution in [3.05, 3.63) is 20.8 Å². The predicted octanol–water partition coefficient (Wildman–Crippen LogP) is 3.11. The minimum atomic E-state index is 0.198. The van der Waals surface area contributed by atoms with Gasteiger partial charge in [0.2, 0.25) is 0 Å². The molecule has 1 aromatic rings. The molecule has 92 valence electrons. The number of nitrogens with zero attached hydrogens (tertiary/aromatic N) is 1. The second-order valence-electron chi connectivity index (χ2n) is 4.75. The number of halogens is 1. The second-order valence-corrected chi connectivity index (χ2v) is 6.67. The third-order valence-electron chi connectivity index (χ3n) is 3.10. The van der Waals surface area contributed by atoms with Crippen molar-refractivity contribution in [1.82, 2.24) is 4.90 Å². The monoisotopic (exact) mass is 304 g/mol. The van der Waals surface area contributed by atoms with Crippen LogP contribution in [0.25, 0.3) is 0 Å². The Labute approximate surface area is 111 Å². The van der Waals surface area contributed by atoms with Crippen LogP contribution in [-0.4, -0.2) is 30.6 Å². The maximum absolute atomic E-state index is 5.63. The van der Waals surface area contributed by atoms with Gasteiger partial charge in [-0.2, -0.15) is 0 Å². The molecule has 0 saturated heterocycles. The predicted molar refractivity (Wildman–Crippen MR) is 76.1 cm³/mol. The fraction of sp³-hybridized carbons (Fsp3) is 0.667. The molecule has 0 spiro atoms. The van der Waals surface area contributed by atoms with Crippen molar-refractivity contribution in [3.63, 3.8) is 0 Å². The lowest BCUT2D eigenvalue weighted by atomic mass is 9.98. The van der Waals surface area contributed by atoms with Crippen LogP contribution in [0.4, 0.5) is 0 Å². The van der Waals surface area contributed by atoms with Crippen LogP contribution in [0.2, 0.25) is 0 Å². The molecule has 0 saturated carbocycles. The van der Waals surface area contributed by atoms with Gasteiger partial charge in [-0.1, -0.05) is 0 Å². The molecule has 1 aromatic heterocycles. The molecule has 0 bridgehead atoms. The van der Waals surface area contributed by atoms with Gasteiger partial charge in [-0.3, -0.25) is 0 Å². The number of nitrogens with two attached hydrogens (primary N) is 1. The highest BCUT2D eigenvalue weighted by Gasteiger charge is 2.21. The van der Waals surface area contributed by atoms with Crippen molar-refractivity contribution < 1.29 is 0 Å². The van der Waals surface area contributed by atoms with E-state index in [2.05, 4.69) is 53.2 Å². The largest absolute Gasteiger partial charge is 0.330 e. The van der Waals surface area contributed by atoms with Crippen LogP contribution in [0, 0.1) is 0 Å². The normalized spacial score (nSPS) is 12.4. The highest BCUT2D eigenvalue weighted by Crippen LogP contribution is 2.22. The summed E-state index contributed by atoms with van der Waals surface area (Å²) in [4.78, 5) is 3.83. The SMILES string of the molecule is CN(CCc1cc(Br)cs1)C(C)(C)CCN. The van der Waals surface area contributed by atoms with Gasteiger partial charge in [-0.15, -0.1) is 11.3 Å². The van der Waals surface area contributed by atoms with Crippen LogP contribution in [0.15, 0.2) is 15.9 Å². The van der Waals surface area contributed by atoms with Crippen molar-refractivity contribution in [2.45, 2.75) is 32.2 Å². The molecule has 0 aliphatic rings. The minimum Gasteiger partial charge on any atom is -0.330 e. The van der Waals surface area contributed by atoms with Gasteiger partial charge in [-0.25, -0.2) is 0 Å². The molecule has 0 aliphatic carbocycles. The van der Waals surface area contributed by atoms with E-state index in [1.165, 1.54) is 9.35 Å². The Kier molecular flexibility index (Phi) is 5.44. The van der Waals surface area contributed by atoms with Gasteiger partial charge in [0.15, 0.2) is 0 Å². The van der Waals surface area contributed by atoms with Gasteiger partial charge in [0.1, 0.15) is 0 Å². The fourth-order valence-corrected chi connectivity index (χ4v) is 3.05. The summed E-state index contributed by atoms with van der Waals surface area (Å²) >= 11 is 5.30. The summed E-state index contributed by atoms with van der Waals surface area (Å²) in [5.74, 6) is 0. The van der Waals surface area contributed by atoms with Crippen LogP contribution in [0.5, 0.6) is 0 Å². The highest BCUT2D eigenvalue weighted by molar-refractivity contribution is 9.10. The summed E-state index contributed by atoms with van der Waals surface area (Å²) in [5.41, 5.74) is 5.83. The first kappa shape index (κ1) is 14.2. The standard InChI is InChI=1S/C12H21BrN2S/c1-12(2,5-6-14)15(3)7-4-11-8-10(13)9-16-11/h8-9H,4-7,14H2,1-3H3. The van der Waals surface area contributed by atoms with E-state index in [9.17, 15) is 0 Å². The summed E-state index contributed by atoms with van der Waals surface area (Å²) in [6, 6.07) is 2.20. The van der Waals surface area contributed by atoms with E-state index in [1.807, 2.05) is 11.3 Å². The van der Waals surface area contributed by atoms with Gasteiger partial charge in [0.05, 0.1) is 0 Å². The lowest BCUT2D eigenvalue weighted by Gasteiger charge is -2.35. The fourth-order valence-electron chi connectivity index (χ4n) is 1.61. The van der Waals surface area contributed by atoms with Gasteiger partial charge in [0, 0.05) is 26.8 Å². The van der Waals surface area contributed by atoms with Crippen LogP contribution in [0.3, 0.4) is 0 Å². The summed E-state index contributed by atoms with van der Waals surface area (Å²) in [7, 11) is 2.18. The third kappa shape index (κ3) is 4.17. The number of hydrogen-bond donors (Lipinski definition) is 1. The third-order valence-corrected chi connectivity index (χ3v) is 4.86. The van der Waals surface area contributed by atoms with E-state index >= 15 is 0 Å². The van der Waals surface area contributed by atoms with Crippen LogP contribution < -0.4 is 5.73 Å². The molecular formula is C12H21BrN2S. The lowest BCUT2D eigenvalue weighted by molar-refractivity contribution is 0.150. The molecule has 0 fully saturated rings. The first-order valence-corrected chi connectivity index (χ1v) is 7.27. The molecule has 2 nitrogen and oxygen atoms in total. The number of likely N-dealkylation sites (N-methyl/N-ethyl adjacent to an activating group) is 1. The Hall–Kier alpha value is 0.1000. The van der Waals surface area contributed by atoms with E-state index in [-0.39, 0.29) is 5.54 Å². The van der Waals surface area contributed by atoms with Crippen LogP contribution in [0.1, 0.15) is 25.1 Å². The average Bonchev–Trinajstić information content (AvgIpc) is 2.60. The van der Waals surface area contributed by atoms with Crippen molar-refractivity contribution >= 4 is 27.3 Å². The van der Waals surface area contributed by atoms with Gasteiger partial charge < -0.3 is 10.6 Å². The highest BCUT2D eigenvalue weighted by atomic mass is 79.9. The summed E-state index contributed by atoms with van der Waals surface area (Å²) in [5, 5.41) is 2.14. The Morgan fingerprint density at radius 2 is 2.19 bits per heavy atom. The van der Waals surface area contributed by atoms with Crippen LogP contribution >= 0.6 is 27.3 Å². The maximum Gasteiger partial charge on any atom is 0.0285 e. The molecule has 0 amide bonds. The summed E-state index contributed by atoms with van der Waals surface area (Å²) < 4.78 is 1.19. The molecule has 2 N–H and O–H groups in total. The van der Waals surface area contributed by atoms with Crippen molar-refractivity contribution in [1.29, 1.82) is 0 Å². The van der Waals surface area contributed by atoms with Crippen LogP contribution in [-0.2, 0) is 6.42 Å². The molecule has 16 heavy (non-hydrogen) atoms. The van der Waals surface area contributed by atoms with Crippen molar-refractivity contribution in [2.75, 3.05) is 20.1 Å². The van der Waals surface area contributed by atoms with E-state index in [0.29, 0.717) is 0 Å². The molecular weight excluding hydrogens is 284 g/mol. The number of thiophene rings is 1. The minimum absolute atomic E-state index is 0.198. The van der Waals surface area contributed by atoms with Crippen molar-refractivity contribution in [3.8, 4) is 0 Å². The molecule has 1 heterocycles. The zero-order chi connectivity index (χ0) is 12.2. The van der Waals surface area contributed by atoms with E-state index in [0.717, 1.165) is 25.9 Å². The lowest BCUT2D eigenvalue weighted by Crippen LogP contribution is -2.43. The Bertz CT molecular complexity index is 323. The molecule has 0 radical (unpaired) electrons. The Morgan fingerprint density at radius 3 is 2.69 bits per heavy atom. The summed E-state index contributed by atoms with van der Waals surface area (Å²) in [6.45, 7) is 6.34. The molecule has 0 aliphatic heterocycles. The zero-order valence-corrected chi connectivity index (χ0v) is 12.7. The van der Waals surface area contributed by atoms with Crippen molar-refractivity contribution in [2.24, 2.45) is 5.73 Å². The van der Waals surface area contributed by atoms with E-state index in [1.54, 1.807) is 0 Å². The zero-order valence-electron chi connectivity index (χ0n) is 10.3. The Morgan fingerprint density at radius 1 is 1.50 bits per heavy atom. The molecule has 0 unspecified atom stereocenters.